The SMILES string of the molecule is Cc1ccsc1CN(C)C(=O)CCc1ccc(C(=O)O)cc1. The van der Waals surface area contributed by atoms with Crippen LogP contribution < -0.4 is 0 Å². The highest BCUT2D eigenvalue weighted by Gasteiger charge is 2.11. The van der Waals surface area contributed by atoms with Crippen LogP contribution in [0.3, 0.4) is 0 Å². The molecule has 0 aliphatic rings. The average molecular weight is 317 g/mol. The van der Waals surface area contributed by atoms with Gasteiger partial charge in [0.05, 0.1) is 12.1 Å². The molecule has 0 radical (unpaired) electrons. The smallest absolute Gasteiger partial charge is 0.335 e. The second kappa shape index (κ2) is 7.22. The second-order valence-corrected chi connectivity index (χ2v) is 6.28. The summed E-state index contributed by atoms with van der Waals surface area (Å²) in [5.74, 6) is -0.844. The Morgan fingerprint density at radius 2 is 1.86 bits per heavy atom. The number of carbonyl (C=O) groups is 2. The molecule has 1 N–H and O–H groups in total. The van der Waals surface area contributed by atoms with Crippen LogP contribution in [0.1, 0.15) is 32.8 Å². The van der Waals surface area contributed by atoms with Crippen LogP contribution in [0.15, 0.2) is 35.7 Å². The van der Waals surface area contributed by atoms with Crippen molar-refractivity contribution in [3.05, 3.63) is 57.3 Å². The second-order valence-electron chi connectivity index (χ2n) is 5.28. The predicted octanol–water partition coefficient (Wildman–Crippen LogP) is 3.35. The minimum absolute atomic E-state index is 0.0927. The third-order valence-corrected chi connectivity index (χ3v) is 4.61. The van der Waals surface area contributed by atoms with Crippen molar-refractivity contribution >= 4 is 23.2 Å². The van der Waals surface area contributed by atoms with Gasteiger partial charge >= 0.3 is 5.97 Å². The van der Waals surface area contributed by atoms with Crippen LogP contribution in [0.25, 0.3) is 0 Å². The number of carboxylic acid groups (broad SMARTS) is 1. The molecule has 0 unspecified atom stereocenters. The zero-order valence-corrected chi connectivity index (χ0v) is 13.5. The molecule has 5 heteroatoms. The van der Waals surface area contributed by atoms with Gasteiger partial charge in [-0.05, 0) is 48.1 Å². The fourth-order valence-corrected chi connectivity index (χ4v) is 3.08. The van der Waals surface area contributed by atoms with Crippen molar-refractivity contribution in [2.75, 3.05) is 7.05 Å². The van der Waals surface area contributed by atoms with Crippen LogP contribution in [0.5, 0.6) is 0 Å². The van der Waals surface area contributed by atoms with E-state index in [0.29, 0.717) is 19.4 Å². The van der Waals surface area contributed by atoms with Crippen molar-refractivity contribution in [2.45, 2.75) is 26.3 Å². The molecule has 0 spiro atoms. The molecule has 0 fully saturated rings. The first kappa shape index (κ1) is 16.2. The molecule has 4 nitrogen and oxygen atoms in total. The van der Waals surface area contributed by atoms with Gasteiger partial charge in [-0.25, -0.2) is 4.79 Å². The van der Waals surface area contributed by atoms with Gasteiger partial charge in [0.1, 0.15) is 0 Å². The fraction of sp³-hybridized carbons (Fsp3) is 0.294. The molecular formula is C17H19NO3S. The van der Waals surface area contributed by atoms with Gasteiger partial charge in [0.15, 0.2) is 0 Å². The molecule has 0 aliphatic carbocycles. The lowest BCUT2D eigenvalue weighted by Gasteiger charge is -2.17. The number of nitrogens with zero attached hydrogens (tertiary/aromatic N) is 1. The van der Waals surface area contributed by atoms with E-state index >= 15 is 0 Å². The summed E-state index contributed by atoms with van der Waals surface area (Å²) in [6.07, 6.45) is 1.04. The first-order chi connectivity index (χ1) is 10.5. The lowest BCUT2D eigenvalue weighted by atomic mass is 10.1. The van der Waals surface area contributed by atoms with Gasteiger partial charge in [0.2, 0.25) is 5.91 Å². The van der Waals surface area contributed by atoms with Crippen LogP contribution in [0, 0.1) is 6.92 Å². The molecule has 0 saturated heterocycles. The standard InChI is InChI=1S/C17H19NO3S/c1-12-9-10-22-15(12)11-18(2)16(19)8-5-13-3-6-14(7-4-13)17(20)21/h3-4,6-7,9-10H,5,8,11H2,1-2H3,(H,20,21). The number of thiophene rings is 1. The van der Waals surface area contributed by atoms with Crippen LogP contribution in [0.2, 0.25) is 0 Å². The van der Waals surface area contributed by atoms with E-state index in [9.17, 15) is 9.59 Å². The Morgan fingerprint density at radius 3 is 2.41 bits per heavy atom. The van der Waals surface area contributed by atoms with E-state index in [1.165, 1.54) is 10.4 Å². The Hall–Kier alpha value is -2.14. The Kier molecular flexibility index (Phi) is 5.33. The number of hydrogen-bond donors (Lipinski definition) is 1. The van der Waals surface area contributed by atoms with Crippen LogP contribution >= 0.6 is 11.3 Å². The summed E-state index contributed by atoms with van der Waals surface area (Å²) in [6, 6.07) is 8.73. The van der Waals surface area contributed by atoms with E-state index in [-0.39, 0.29) is 11.5 Å². The number of carbonyl (C=O) groups excluding carboxylic acids is 1. The molecule has 1 aromatic carbocycles. The molecule has 1 amide bonds. The van der Waals surface area contributed by atoms with E-state index in [1.54, 1.807) is 40.5 Å². The molecule has 0 saturated carbocycles. The monoisotopic (exact) mass is 317 g/mol. The molecule has 2 rings (SSSR count). The number of benzene rings is 1. The van der Waals surface area contributed by atoms with Gasteiger partial charge in [-0.2, -0.15) is 0 Å². The molecule has 0 bridgehead atoms. The van der Waals surface area contributed by atoms with Crippen molar-refractivity contribution < 1.29 is 14.7 Å². The molecule has 1 heterocycles. The minimum atomic E-state index is -0.936. The van der Waals surface area contributed by atoms with Gasteiger partial charge in [-0.15, -0.1) is 11.3 Å². The first-order valence-electron chi connectivity index (χ1n) is 7.06. The highest BCUT2D eigenvalue weighted by molar-refractivity contribution is 7.10. The molecular weight excluding hydrogens is 298 g/mol. The normalized spacial score (nSPS) is 10.5. The van der Waals surface area contributed by atoms with Crippen molar-refractivity contribution in [3.63, 3.8) is 0 Å². The minimum Gasteiger partial charge on any atom is -0.478 e. The number of hydrogen-bond acceptors (Lipinski definition) is 3. The maximum absolute atomic E-state index is 12.2. The highest BCUT2D eigenvalue weighted by Crippen LogP contribution is 2.18. The Balaban J connectivity index is 1.86. The number of carboxylic acids is 1. The van der Waals surface area contributed by atoms with Crippen molar-refractivity contribution in [1.29, 1.82) is 0 Å². The van der Waals surface area contributed by atoms with E-state index in [4.69, 9.17) is 5.11 Å². The molecule has 0 aliphatic heterocycles. The lowest BCUT2D eigenvalue weighted by Crippen LogP contribution is -2.26. The lowest BCUT2D eigenvalue weighted by molar-refractivity contribution is -0.130. The largest absolute Gasteiger partial charge is 0.478 e. The van der Waals surface area contributed by atoms with Gasteiger partial charge in [-0.1, -0.05) is 12.1 Å². The van der Waals surface area contributed by atoms with E-state index in [0.717, 1.165) is 5.56 Å². The summed E-state index contributed by atoms with van der Waals surface area (Å²) >= 11 is 1.66. The number of rotatable bonds is 6. The fourth-order valence-electron chi connectivity index (χ4n) is 2.13. The predicted molar refractivity (Wildman–Crippen MR) is 87.3 cm³/mol. The third kappa shape index (κ3) is 4.18. The van der Waals surface area contributed by atoms with Crippen LogP contribution in [-0.2, 0) is 17.8 Å². The van der Waals surface area contributed by atoms with Crippen LogP contribution in [0.4, 0.5) is 0 Å². The maximum Gasteiger partial charge on any atom is 0.335 e. The highest BCUT2D eigenvalue weighted by atomic mass is 32.1. The van der Waals surface area contributed by atoms with Crippen LogP contribution in [-0.4, -0.2) is 28.9 Å². The Bertz CT molecular complexity index is 661. The van der Waals surface area contributed by atoms with Crippen molar-refractivity contribution in [3.8, 4) is 0 Å². The van der Waals surface area contributed by atoms with Gasteiger partial charge in [0, 0.05) is 18.3 Å². The Morgan fingerprint density at radius 1 is 1.18 bits per heavy atom. The molecule has 2 aromatic rings. The molecule has 22 heavy (non-hydrogen) atoms. The summed E-state index contributed by atoms with van der Waals surface area (Å²) in [6.45, 7) is 2.69. The number of aryl methyl sites for hydroxylation is 2. The quantitative estimate of drug-likeness (QED) is 0.889. The van der Waals surface area contributed by atoms with Gasteiger partial charge in [0.25, 0.3) is 0 Å². The average Bonchev–Trinajstić information content (AvgIpc) is 2.90. The number of aromatic carboxylic acids is 1. The first-order valence-corrected chi connectivity index (χ1v) is 7.94. The molecule has 0 atom stereocenters. The van der Waals surface area contributed by atoms with Crippen molar-refractivity contribution in [1.82, 2.24) is 4.90 Å². The zero-order valence-electron chi connectivity index (χ0n) is 12.7. The van der Waals surface area contributed by atoms with E-state index in [1.807, 2.05) is 19.4 Å². The number of amides is 1. The molecule has 1 aromatic heterocycles. The summed E-state index contributed by atoms with van der Waals surface area (Å²) in [5.41, 5.74) is 2.45. The third-order valence-electron chi connectivity index (χ3n) is 3.60. The van der Waals surface area contributed by atoms with E-state index in [2.05, 4.69) is 6.07 Å². The summed E-state index contributed by atoms with van der Waals surface area (Å²) in [7, 11) is 1.81. The summed E-state index contributed by atoms with van der Waals surface area (Å²) in [4.78, 5) is 25.9. The van der Waals surface area contributed by atoms with E-state index < -0.39 is 5.97 Å². The summed E-state index contributed by atoms with van der Waals surface area (Å²) < 4.78 is 0. The Labute approximate surface area is 134 Å². The molecule has 116 valence electrons. The van der Waals surface area contributed by atoms with Gasteiger partial charge < -0.3 is 10.0 Å². The van der Waals surface area contributed by atoms with Gasteiger partial charge in [-0.3, -0.25) is 4.79 Å². The zero-order chi connectivity index (χ0) is 16.1. The summed E-state index contributed by atoms with van der Waals surface area (Å²) in [5, 5.41) is 10.9. The van der Waals surface area contributed by atoms with Crippen molar-refractivity contribution in [2.24, 2.45) is 0 Å². The maximum atomic E-state index is 12.2. The topological polar surface area (TPSA) is 57.6 Å².